The van der Waals surface area contributed by atoms with Crippen LogP contribution in [-0.4, -0.2) is 14.9 Å². The molecule has 0 saturated carbocycles. The first-order valence-electron chi connectivity index (χ1n) is 5.66. The van der Waals surface area contributed by atoms with E-state index in [2.05, 4.69) is 5.10 Å². The summed E-state index contributed by atoms with van der Waals surface area (Å²) in [6.07, 6.45) is 1.74. The molecular formula is C13H14ClFN2O. The van der Waals surface area contributed by atoms with Crippen molar-refractivity contribution < 1.29 is 9.50 Å². The lowest BCUT2D eigenvalue weighted by atomic mass is 9.87. The van der Waals surface area contributed by atoms with Crippen molar-refractivity contribution in [2.45, 2.75) is 18.9 Å². The lowest BCUT2D eigenvalue weighted by Gasteiger charge is -2.28. The van der Waals surface area contributed by atoms with E-state index >= 15 is 0 Å². The maximum absolute atomic E-state index is 13.9. The van der Waals surface area contributed by atoms with E-state index in [1.54, 1.807) is 32.2 Å². The van der Waals surface area contributed by atoms with E-state index in [-0.39, 0.29) is 5.56 Å². The molecule has 1 aromatic carbocycles. The molecule has 5 heteroatoms. The number of aryl methyl sites for hydroxylation is 1. The van der Waals surface area contributed by atoms with Gasteiger partial charge in [-0.2, -0.15) is 5.10 Å². The fraction of sp³-hybridized carbons (Fsp3) is 0.308. The van der Waals surface area contributed by atoms with Crippen molar-refractivity contribution in [1.82, 2.24) is 9.78 Å². The highest BCUT2D eigenvalue weighted by Gasteiger charge is 2.36. The monoisotopic (exact) mass is 268 g/mol. The van der Waals surface area contributed by atoms with Gasteiger partial charge < -0.3 is 5.11 Å². The first-order chi connectivity index (χ1) is 8.50. The molecule has 2 rings (SSSR count). The SMILES string of the molecule is CCC(O)(c1ccccc1F)c1c(Cl)cnn1C. The second-order valence-corrected chi connectivity index (χ2v) is 4.57. The number of nitrogens with zero attached hydrogens (tertiary/aromatic N) is 2. The third kappa shape index (κ3) is 1.91. The summed E-state index contributed by atoms with van der Waals surface area (Å²) < 4.78 is 15.4. The minimum absolute atomic E-state index is 0.206. The van der Waals surface area contributed by atoms with E-state index in [9.17, 15) is 9.50 Å². The Balaban J connectivity index is 2.67. The van der Waals surface area contributed by atoms with Gasteiger partial charge in [-0.15, -0.1) is 0 Å². The maximum atomic E-state index is 13.9. The van der Waals surface area contributed by atoms with Crippen LogP contribution in [0.3, 0.4) is 0 Å². The van der Waals surface area contributed by atoms with Gasteiger partial charge in [0.25, 0.3) is 0 Å². The molecule has 0 aliphatic carbocycles. The van der Waals surface area contributed by atoms with Crippen molar-refractivity contribution in [1.29, 1.82) is 0 Å². The Kier molecular flexibility index (Phi) is 3.41. The number of aliphatic hydroxyl groups is 1. The predicted molar refractivity (Wildman–Crippen MR) is 67.9 cm³/mol. The van der Waals surface area contributed by atoms with Gasteiger partial charge in [0.05, 0.1) is 16.9 Å². The Morgan fingerprint density at radius 3 is 2.61 bits per heavy atom. The van der Waals surface area contributed by atoms with Crippen LogP contribution < -0.4 is 0 Å². The summed E-state index contributed by atoms with van der Waals surface area (Å²) in [5, 5.41) is 15.1. The van der Waals surface area contributed by atoms with Gasteiger partial charge >= 0.3 is 0 Å². The van der Waals surface area contributed by atoms with E-state index in [0.29, 0.717) is 17.1 Å². The molecule has 0 radical (unpaired) electrons. The average molecular weight is 269 g/mol. The number of hydrogen-bond acceptors (Lipinski definition) is 2. The summed E-state index contributed by atoms with van der Waals surface area (Å²) in [6.45, 7) is 1.77. The number of hydrogen-bond donors (Lipinski definition) is 1. The van der Waals surface area contributed by atoms with E-state index in [1.165, 1.54) is 16.9 Å². The highest BCUT2D eigenvalue weighted by Crippen LogP contribution is 2.37. The molecule has 18 heavy (non-hydrogen) atoms. The number of aromatic nitrogens is 2. The highest BCUT2D eigenvalue weighted by molar-refractivity contribution is 6.31. The zero-order chi connectivity index (χ0) is 13.3. The molecule has 0 saturated heterocycles. The van der Waals surface area contributed by atoms with Crippen molar-refractivity contribution in [3.8, 4) is 0 Å². The molecule has 1 N–H and O–H groups in total. The van der Waals surface area contributed by atoms with Crippen molar-refractivity contribution in [3.05, 3.63) is 52.6 Å². The Bertz CT molecular complexity index is 550. The predicted octanol–water partition coefficient (Wildman–Crippen LogP) is 2.86. The summed E-state index contributed by atoms with van der Waals surface area (Å²) in [5.41, 5.74) is -0.872. The largest absolute Gasteiger partial charge is 0.379 e. The first kappa shape index (κ1) is 13.1. The second kappa shape index (κ2) is 4.71. The molecule has 0 bridgehead atoms. The molecule has 96 valence electrons. The lowest BCUT2D eigenvalue weighted by Crippen LogP contribution is -2.30. The van der Waals surface area contributed by atoms with Gasteiger partial charge in [-0.25, -0.2) is 4.39 Å². The molecule has 0 aliphatic heterocycles. The Morgan fingerprint density at radius 1 is 1.44 bits per heavy atom. The van der Waals surface area contributed by atoms with Crippen LogP contribution in [0.15, 0.2) is 30.5 Å². The molecule has 0 amide bonds. The minimum atomic E-state index is -1.48. The van der Waals surface area contributed by atoms with Crippen LogP contribution in [0.1, 0.15) is 24.6 Å². The molecule has 0 aliphatic rings. The standard InChI is InChI=1S/C13H14ClFN2O/c1-3-13(18,9-6-4-5-7-11(9)15)12-10(14)8-16-17(12)2/h4-8,18H,3H2,1-2H3. The third-order valence-corrected chi connectivity index (χ3v) is 3.39. The molecule has 0 fully saturated rings. The molecule has 1 atom stereocenters. The summed E-state index contributed by atoms with van der Waals surface area (Å²) in [7, 11) is 1.67. The van der Waals surface area contributed by atoms with Gasteiger partial charge in [0.2, 0.25) is 0 Å². The van der Waals surface area contributed by atoms with Gasteiger partial charge in [-0.3, -0.25) is 4.68 Å². The van der Waals surface area contributed by atoms with Crippen LogP contribution in [0.4, 0.5) is 4.39 Å². The van der Waals surface area contributed by atoms with Crippen LogP contribution in [0, 0.1) is 5.82 Å². The van der Waals surface area contributed by atoms with E-state index in [1.807, 2.05) is 0 Å². The smallest absolute Gasteiger partial charge is 0.135 e. The quantitative estimate of drug-likeness (QED) is 0.930. The molecule has 1 heterocycles. The number of halogens is 2. The van der Waals surface area contributed by atoms with Crippen LogP contribution in [0.25, 0.3) is 0 Å². The van der Waals surface area contributed by atoms with E-state index < -0.39 is 11.4 Å². The van der Waals surface area contributed by atoms with Crippen LogP contribution >= 0.6 is 11.6 Å². The molecule has 3 nitrogen and oxygen atoms in total. The van der Waals surface area contributed by atoms with Crippen molar-refractivity contribution in [3.63, 3.8) is 0 Å². The van der Waals surface area contributed by atoms with Crippen molar-refractivity contribution in [2.75, 3.05) is 0 Å². The molecule has 1 aromatic heterocycles. The lowest BCUT2D eigenvalue weighted by molar-refractivity contribution is 0.0640. The van der Waals surface area contributed by atoms with Gasteiger partial charge in [0.15, 0.2) is 0 Å². The third-order valence-electron chi connectivity index (χ3n) is 3.12. The fourth-order valence-electron chi connectivity index (χ4n) is 2.16. The summed E-state index contributed by atoms with van der Waals surface area (Å²) in [6, 6.07) is 6.14. The maximum Gasteiger partial charge on any atom is 0.135 e. The Labute approximate surface area is 110 Å². The zero-order valence-corrected chi connectivity index (χ0v) is 10.9. The van der Waals surface area contributed by atoms with Crippen LogP contribution in [0.2, 0.25) is 5.02 Å². The van der Waals surface area contributed by atoms with E-state index in [0.717, 1.165) is 0 Å². The van der Waals surface area contributed by atoms with Crippen molar-refractivity contribution in [2.24, 2.45) is 7.05 Å². The van der Waals surface area contributed by atoms with E-state index in [4.69, 9.17) is 11.6 Å². The molecule has 1 unspecified atom stereocenters. The zero-order valence-electron chi connectivity index (χ0n) is 10.2. The number of rotatable bonds is 3. The van der Waals surface area contributed by atoms with Gasteiger partial charge in [-0.05, 0) is 12.5 Å². The average Bonchev–Trinajstić information content (AvgIpc) is 2.69. The molecule has 2 aromatic rings. The Morgan fingerprint density at radius 2 is 2.11 bits per heavy atom. The summed E-state index contributed by atoms with van der Waals surface area (Å²) >= 11 is 6.04. The molecular weight excluding hydrogens is 255 g/mol. The normalized spacial score (nSPS) is 14.5. The van der Waals surface area contributed by atoms with Crippen LogP contribution in [0.5, 0.6) is 0 Å². The van der Waals surface area contributed by atoms with Gasteiger partial charge in [0.1, 0.15) is 11.4 Å². The fourth-order valence-corrected chi connectivity index (χ4v) is 2.48. The summed E-state index contributed by atoms with van der Waals surface area (Å²) in [5.74, 6) is -0.459. The minimum Gasteiger partial charge on any atom is -0.379 e. The van der Waals surface area contributed by atoms with Crippen LogP contribution in [-0.2, 0) is 12.6 Å². The topological polar surface area (TPSA) is 38.1 Å². The van der Waals surface area contributed by atoms with Gasteiger partial charge in [-0.1, -0.05) is 36.7 Å². The van der Waals surface area contributed by atoms with Gasteiger partial charge in [0, 0.05) is 12.6 Å². The molecule has 0 spiro atoms. The van der Waals surface area contributed by atoms with Crippen molar-refractivity contribution >= 4 is 11.6 Å². The number of benzene rings is 1. The summed E-state index contributed by atoms with van der Waals surface area (Å²) in [4.78, 5) is 0. The Hall–Kier alpha value is -1.39. The first-order valence-corrected chi connectivity index (χ1v) is 6.04. The highest BCUT2D eigenvalue weighted by atomic mass is 35.5. The second-order valence-electron chi connectivity index (χ2n) is 4.16.